The van der Waals surface area contributed by atoms with Gasteiger partial charge in [0.1, 0.15) is 52.1 Å². The number of nitrogens with two attached hydrogens (primary N) is 1. The number of anilines is 1. The quantitative estimate of drug-likeness (QED) is 0.0882. The van der Waals surface area contributed by atoms with E-state index in [1.165, 1.54) is 75.2 Å². The molecule has 1 aliphatic heterocycles. The standard InChI is InChI=1S/C28H28FN7O3.C15H15BFNO4/c1-3-22(37)35-13-5-6-19(15-35)36-27-24(26(30)32-16-33-27)25(34-36)18-11-9-17(10-12-18)14-31-28(38)23-20(29)7-4-8-21(23)39-2;1-22-13-4-2-3-12(17)14(13)15(19)18-9-10-5-7-11(8-6-10)16(20)21/h3-4,7-12,16,19H,1,5-6,13-15H2,2H3,(H,31,38)(H2,30,32,33);2-8,20-21H,9H2,1H3,(H,18,19)/t19-;/m1./s1. The van der Waals surface area contributed by atoms with E-state index in [2.05, 4.69) is 27.2 Å². The van der Waals surface area contributed by atoms with Crippen molar-refractivity contribution in [1.29, 1.82) is 0 Å². The molecule has 1 saturated heterocycles. The average Bonchev–Trinajstić information content (AvgIpc) is 3.68. The Morgan fingerprint density at radius 3 is 1.95 bits per heavy atom. The molecule has 0 spiro atoms. The lowest BCUT2D eigenvalue weighted by Gasteiger charge is -2.32. The minimum absolute atomic E-state index is 0.0712. The van der Waals surface area contributed by atoms with Crippen LogP contribution in [0, 0.1) is 11.6 Å². The second-order valence-electron chi connectivity index (χ2n) is 13.8. The van der Waals surface area contributed by atoms with E-state index in [0.717, 1.165) is 29.5 Å². The summed E-state index contributed by atoms with van der Waals surface area (Å²) in [6.07, 6.45) is 4.41. The van der Waals surface area contributed by atoms with Crippen LogP contribution in [0.5, 0.6) is 11.5 Å². The SMILES string of the molecule is C=CC(=O)N1CCC[C@@H](n2nc(-c3ccc(CNC(=O)c4c(F)cccc4OC)cc3)c3c(N)ncnc32)C1.COc1cccc(F)c1C(=O)NCc1ccc(B(O)O)cc1. The molecule has 3 amide bonds. The molecule has 6 aromatic rings. The first-order valence-corrected chi connectivity index (χ1v) is 19.1. The number of hydrogen-bond acceptors (Lipinski definition) is 11. The summed E-state index contributed by atoms with van der Waals surface area (Å²) in [5.74, 6) is -1.93. The number of aromatic nitrogens is 4. The fourth-order valence-electron chi connectivity index (χ4n) is 6.85. The molecule has 1 fully saturated rings. The maximum absolute atomic E-state index is 14.2. The summed E-state index contributed by atoms with van der Waals surface area (Å²) < 4.78 is 39.9. The van der Waals surface area contributed by atoms with Crippen LogP contribution in [0.3, 0.4) is 0 Å². The van der Waals surface area contributed by atoms with Gasteiger partial charge in [-0.15, -0.1) is 0 Å². The fraction of sp³-hybridized carbons (Fsp3) is 0.209. The summed E-state index contributed by atoms with van der Waals surface area (Å²) in [6.45, 7) is 5.13. The van der Waals surface area contributed by atoms with Gasteiger partial charge >= 0.3 is 7.12 Å². The highest BCUT2D eigenvalue weighted by Gasteiger charge is 2.28. The monoisotopic (exact) mass is 832 g/mol. The van der Waals surface area contributed by atoms with E-state index in [0.29, 0.717) is 41.1 Å². The van der Waals surface area contributed by atoms with Gasteiger partial charge in [0.05, 0.1) is 25.6 Å². The number of carbonyl (C=O) groups excluding carboxylic acids is 3. The average molecular weight is 833 g/mol. The molecule has 0 saturated carbocycles. The second kappa shape index (κ2) is 19.7. The van der Waals surface area contributed by atoms with Gasteiger partial charge in [-0.1, -0.05) is 67.2 Å². The Labute approximate surface area is 350 Å². The number of amides is 3. The Hall–Kier alpha value is -7.18. The topological polar surface area (TPSA) is 207 Å². The number of nitrogens with zero attached hydrogens (tertiary/aromatic N) is 5. The lowest BCUT2D eigenvalue weighted by Crippen LogP contribution is -2.40. The number of methoxy groups -OCH3 is 2. The molecule has 6 N–H and O–H groups in total. The van der Waals surface area contributed by atoms with Gasteiger partial charge in [0.15, 0.2) is 5.65 Å². The van der Waals surface area contributed by atoms with Gasteiger partial charge in [0.25, 0.3) is 11.8 Å². The number of halogens is 2. The highest BCUT2D eigenvalue weighted by Crippen LogP contribution is 2.34. The van der Waals surface area contributed by atoms with E-state index in [-0.39, 0.29) is 47.7 Å². The van der Waals surface area contributed by atoms with Crippen LogP contribution in [0.2, 0.25) is 0 Å². The number of nitrogens with one attached hydrogen (secondary N) is 2. The van der Waals surface area contributed by atoms with E-state index in [1.54, 1.807) is 17.0 Å². The van der Waals surface area contributed by atoms with Gasteiger partial charge in [-0.3, -0.25) is 14.4 Å². The lowest BCUT2D eigenvalue weighted by atomic mass is 9.80. The number of benzene rings is 4. The van der Waals surface area contributed by atoms with Crippen LogP contribution in [-0.2, 0) is 17.9 Å². The molecule has 0 radical (unpaired) electrons. The molecule has 0 bridgehead atoms. The Bertz CT molecular complexity index is 2540. The van der Waals surface area contributed by atoms with Crippen LogP contribution < -0.4 is 31.3 Å². The molecule has 1 aliphatic rings. The van der Waals surface area contributed by atoms with Crippen LogP contribution in [-0.4, -0.2) is 86.8 Å². The predicted molar refractivity (Wildman–Crippen MR) is 225 cm³/mol. The number of fused-ring (bicyclic) bond motifs is 1. The third kappa shape index (κ3) is 10.00. The number of nitrogen functional groups attached to an aromatic ring is 1. The van der Waals surface area contributed by atoms with Crippen molar-refractivity contribution in [1.82, 2.24) is 35.3 Å². The molecule has 15 nitrogen and oxygen atoms in total. The van der Waals surface area contributed by atoms with Gasteiger partial charge < -0.3 is 40.8 Å². The van der Waals surface area contributed by atoms with E-state index < -0.39 is 30.6 Å². The van der Waals surface area contributed by atoms with Gasteiger partial charge in [0, 0.05) is 31.7 Å². The summed E-state index contributed by atoms with van der Waals surface area (Å²) in [6, 6.07) is 22.1. The third-order valence-electron chi connectivity index (χ3n) is 10.0. The summed E-state index contributed by atoms with van der Waals surface area (Å²) in [7, 11) is 1.22. The summed E-state index contributed by atoms with van der Waals surface area (Å²) in [5.41, 5.74) is 9.91. The van der Waals surface area contributed by atoms with Crippen molar-refractivity contribution in [3.8, 4) is 22.8 Å². The van der Waals surface area contributed by atoms with Crippen LogP contribution in [0.4, 0.5) is 14.6 Å². The summed E-state index contributed by atoms with van der Waals surface area (Å²) >= 11 is 0. The molecule has 2 aromatic heterocycles. The maximum Gasteiger partial charge on any atom is 0.488 e. The molecule has 314 valence electrons. The van der Waals surface area contributed by atoms with E-state index in [9.17, 15) is 23.2 Å². The van der Waals surface area contributed by atoms with E-state index in [4.69, 9.17) is 30.4 Å². The van der Waals surface area contributed by atoms with E-state index in [1.807, 2.05) is 28.9 Å². The Morgan fingerprint density at radius 1 is 0.869 bits per heavy atom. The number of hydrogen-bond donors (Lipinski definition) is 5. The van der Waals surface area contributed by atoms with Crippen molar-refractivity contribution in [2.75, 3.05) is 33.0 Å². The van der Waals surface area contributed by atoms with Crippen molar-refractivity contribution in [2.45, 2.75) is 32.0 Å². The summed E-state index contributed by atoms with van der Waals surface area (Å²) in [4.78, 5) is 47.3. The molecular weight excluding hydrogens is 789 g/mol. The van der Waals surface area contributed by atoms with Crippen LogP contribution in [0.1, 0.15) is 50.7 Å². The zero-order valence-corrected chi connectivity index (χ0v) is 33.3. The molecule has 1 atom stereocenters. The number of rotatable bonds is 12. The smallest absolute Gasteiger partial charge is 0.488 e. The molecule has 3 heterocycles. The van der Waals surface area contributed by atoms with Crippen LogP contribution in [0.15, 0.2) is 104 Å². The minimum atomic E-state index is -1.54. The van der Waals surface area contributed by atoms with Gasteiger partial charge in [-0.05, 0) is 59.8 Å². The highest BCUT2D eigenvalue weighted by molar-refractivity contribution is 6.58. The van der Waals surface area contributed by atoms with Gasteiger partial charge in [-0.25, -0.2) is 23.4 Å². The van der Waals surface area contributed by atoms with Gasteiger partial charge in [0.2, 0.25) is 5.91 Å². The number of piperidine rings is 1. The molecule has 0 aliphatic carbocycles. The Kier molecular flexibility index (Phi) is 14.0. The van der Waals surface area contributed by atoms with E-state index >= 15 is 0 Å². The molecule has 7 rings (SSSR count). The van der Waals surface area contributed by atoms with Crippen molar-refractivity contribution < 1.29 is 42.7 Å². The Balaban J connectivity index is 0.000000240. The fourth-order valence-corrected chi connectivity index (χ4v) is 6.85. The first-order chi connectivity index (χ1) is 29.4. The number of likely N-dealkylation sites (tertiary alicyclic amines) is 1. The first kappa shape index (κ1) is 43.4. The predicted octanol–water partition coefficient (Wildman–Crippen LogP) is 3.95. The highest BCUT2D eigenvalue weighted by atomic mass is 19.1. The van der Waals surface area contributed by atoms with Crippen LogP contribution in [0.25, 0.3) is 22.3 Å². The normalized spacial score (nSPS) is 13.4. The molecule has 4 aromatic carbocycles. The van der Waals surface area contributed by atoms with Crippen molar-refractivity contribution in [2.24, 2.45) is 0 Å². The molecule has 0 unspecified atom stereocenters. The lowest BCUT2D eigenvalue weighted by molar-refractivity contribution is -0.127. The first-order valence-electron chi connectivity index (χ1n) is 19.1. The number of ether oxygens (including phenoxy) is 2. The zero-order valence-electron chi connectivity index (χ0n) is 33.3. The van der Waals surface area contributed by atoms with Crippen LogP contribution >= 0.6 is 0 Å². The minimum Gasteiger partial charge on any atom is -0.496 e. The largest absolute Gasteiger partial charge is 0.496 e. The zero-order chi connectivity index (χ0) is 43.6. The van der Waals surface area contributed by atoms with Gasteiger partial charge in [-0.2, -0.15) is 5.10 Å². The molecule has 61 heavy (non-hydrogen) atoms. The maximum atomic E-state index is 14.2. The molecule has 18 heteroatoms. The van der Waals surface area contributed by atoms with Crippen molar-refractivity contribution >= 4 is 47.2 Å². The summed E-state index contributed by atoms with van der Waals surface area (Å²) in [5, 5.41) is 28.8. The Morgan fingerprint density at radius 2 is 1.43 bits per heavy atom. The number of carbonyl (C=O) groups is 3. The second-order valence-corrected chi connectivity index (χ2v) is 13.8. The van der Waals surface area contributed by atoms with Crippen molar-refractivity contribution in [3.63, 3.8) is 0 Å². The third-order valence-corrected chi connectivity index (χ3v) is 10.0. The van der Waals surface area contributed by atoms with Crippen molar-refractivity contribution in [3.05, 3.63) is 138 Å². The molecular formula is C43H43BF2N8O7.